The molecule has 0 spiro atoms. The first-order chi connectivity index (χ1) is 20.1. The van der Waals surface area contributed by atoms with E-state index in [0.29, 0.717) is 5.92 Å². The van der Waals surface area contributed by atoms with Crippen molar-refractivity contribution in [1.82, 2.24) is 0 Å². The molecule has 0 radical (unpaired) electrons. The molecule has 4 atom stereocenters. The summed E-state index contributed by atoms with van der Waals surface area (Å²) in [5.41, 5.74) is 6.75. The summed E-state index contributed by atoms with van der Waals surface area (Å²) in [6.45, 7) is 19.2. The van der Waals surface area contributed by atoms with Crippen LogP contribution in [0.4, 0.5) is 0 Å². The second-order valence-electron chi connectivity index (χ2n) is 13.7. The summed E-state index contributed by atoms with van der Waals surface area (Å²) in [6.07, 6.45) is 33.8. The maximum Gasteiger partial charge on any atom is 0.0729 e. The first kappa shape index (κ1) is 36.2. The number of hydrogen-bond donors (Lipinski definition) is 3. The van der Waals surface area contributed by atoms with Gasteiger partial charge in [-0.25, -0.2) is 0 Å². The lowest BCUT2D eigenvalue weighted by molar-refractivity contribution is 0.117. The van der Waals surface area contributed by atoms with E-state index in [1.165, 1.54) is 16.7 Å². The second kappa shape index (κ2) is 16.8. The molecule has 0 saturated carbocycles. The second-order valence-corrected chi connectivity index (χ2v) is 13.7. The first-order valence-corrected chi connectivity index (χ1v) is 15.6. The monoisotopic (exact) mass is 584 g/mol. The highest BCUT2D eigenvalue weighted by atomic mass is 16.3. The number of rotatable bonds is 11. The van der Waals surface area contributed by atoms with Crippen molar-refractivity contribution in [1.29, 1.82) is 0 Å². The highest BCUT2D eigenvalue weighted by Gasteiger charge is 2.35. The van der Waals surface area contributed by atoms with Gasteiger partial charge in [0.1, 0.15) is 0 Å². The molecular formula is C40H56O3. The Hall–Kier alpha value is -2.98. The molecule has 3 heteroatoms. The molecule has 0 heterocycles. The van der Waals surface area contributed by atoms with Gasteiger partial charge in [0.2, 0.25) is 0 Å². The summed E-state index contributed by atoms with van der Waals surface area (Å²) in [5, 5.41) is 30.0. The Labute approximate surface area is 262 Å². The van der Waals surface area contributed by atoms with Gasteiger partial charge in [-0.2, -0.15) is 0 Å². The molecule has 2 aliphatic rings. The molecule has 43 heavy (non-hydrogen) atoms. The highest BCUT2D eigenvalue weighted by Crippen LogP contribution is 2.42. The van der Waals surface area contributed by atoms with Crippen LogP contribution in [0.1, 0.15) is 75.2 Å². The predicted octanol–water partition coefficient (Wildman–Crippen LogP) is 9.23. The van der Waals surface area contributed by atoms with Crippen LogP contribution in [-0.4, -0.2) is 34.1 Å². The fourth-order valence-corrected chi connectivity index (χ4v) is 6.21. The average molecular weight is 585 g/mol. The van der Waals surface area contributed by atoms with Crippen molar-refractivity contribution in [3.05, 3.63) is 131 Å². The van der Waals surface area contributed by atoms with Crippen molar-refractivity contribution in [3.63, 3.8) is 0 Å². The Bertz CT molecular complexity index is 1280. The van der Waals surface area contributed by atoms with E-state index in [-0.39, 0.29) is 35.6 Å². The summed E-state index contributed by atoms with van der Waals surface area (Å²) >= 11 is 0. The summed E-state index contributed by atoms with van der Waals surface area (Å²) in [7, 11) is 0. The van der Waals surface area contributed by atoms with Gasteiger partial charge in [0, 0.05) is 11.8 Å². The summed E-state index contributed by atoms with van der Waals surface area (Å²) < 4.78 is 0. The van der Waals surface area contributed by atoms with Gasteiger partial charge in [-0.3, -0.25) is 0 Å². The molecule has 0 aliphatic heterocycles. The van der Waals surface area contributed by atoms with Crippen molar-refractivity contribution < 1.29 is 15.3 Å². The molecule has 0 saturated heterocycles. The Morgan fingerprint density at radius 3 is 1.49 bits per heavy atom. The predicted molar refractivity (Wildman–Crippen MR) is 185 cm³/mol. The fraction of sp³-hybridized carbons (Fsp3) is 0.450. The zero-order chi connectivity index (χ0) is 32.2. The third-order valence-corrected chi connectivity index (χ3v) is 8.50. The SMILES string of the molecule is CC1=CC(O)CC(C)(C)C1/C=C/C(=C/C=C/C(C)=C/C=C/C=C(C)/C=C/C=C(C)/C=C/C1C(C)=CC(O)CC1(C)C)CO. The molecule has 2 rings (SSSR count). The van der Waals surface area contributed by atoms with Crippen LogP contribution >= 0.6 is 0 Å². The zero-order valence-corrected chi connectivity index (χ0v) is 28.0. The Morgan fingerprint density at radius 2 is 1.05 bits per heavy atom. The van der Waals surface area contributed by atoms with E-state index in [1.807, 2.05) is 48.6 Å². The first-order valence-electron chi connectivity index (χ1n) is 15.6. The van der Waals surface area contributed by atoms with Crippen LogP contribution < -0.4 is 0 Å². The van der Waals surface area contributed by atoms with Crippen molar-refractivity contribution in [3.8, 4) is 0 Å². The number of allylic oxidation sites excluding steroid dienone is 18. The molecule has 0 aromatic carbocycles. The number of hydrogen-bond acceptors (Lipinski definition) is 3. The minimum Gasteiger partial charge on any atom is -0.392 e. The van der Waals surface area contributed by atoms with Gasteiger partial charge in [0.05, 0.1) is 18.8 Å². The maximum absolute atomic E-state index is 10.1. The van der Waals surface area contributed by atoms with Crippen LogP contribution in [0, 0.1) is 22.7 Å². The smallest absolute Gasteiger partial charge is 0.0729 e. The number of aliphatic hydroxyl groups is 3. The summed E-state index contributed by atoms with van der Waals surface area (Å²) in [6, 6.07) is 0. The van der Waals surface area contributed by atoms with Crippen LogP contribution in [-0.2, 0) is 0 Å². The standard InChI is InChI=1S/C40H56O3/c1-29(16-12-17-31(3)20-22-37-32(4)24-35(42)26-39(37,6)7)14-10-11-15-30(2)18-13-19-34(28-41)21-23-38-33(5)25-36(43)27-40(38,8)9/h10-25,35-38,41-43H,26-28H2,1-9H3/b11-10+,16-12+,18-13+,22-20+,23-21+,29-14+,30-15+,31-17+,34-19-. The van der Waals surface area contributed by atoms with Gasteiger partial charge in [-0.15, -0.1) is 0 Å². The van der Waals surface area contributed by atoms with Crippen LogP contribution in [0.5, 0.6) is 0 Å². The lowest BCUT2D eigenvalue weighted by Gasteiger charge is -2.38. The average Bonchev–Trinajstić information content (AvgIpc) is 2.87. The fourth-order valence-electron chi connectivity index (χ4n) is 6.21. The molecule has 4 unspecified atom stereocenters. The highest BCUT2D eigenvalue weighted by molar-refractivity contribution is 5.34. The van der Waals surface area contributed by atoms with Gasteiger partial charge >= 0.3 is 0 Å². The molecule has 3 nitrogen and oxygen atoms in total. The number of aliphatic hydroxyl groups excluding tert-OH is 3. The van der Waals surface area contributed by atoms with Gasteiger partial charge < -0.3 is 15.3 Å². The van der Waals surface area contributed by atoms with E-state index in [0.717, 1.165) is 29.6 Å². The molecule has 0 aromatic heterocycles. The Morgan fingerprint density at radius 1 is 0.651 bits per heavy atom. The molecule has 3 N–H and O–H groups in total. The molecule has 0 bridgehead atoms. The van der Waals surface area contributed by atoms with Gasteiger partial charge in [-0.05, 0) is 63.9 Å². The molecule has 2 aliphatic carbocycles. The van der Waals surface area contributed by atoms with E-state index in [1.54, 1.807) is 0 Å². The minimum absolute atomic E-state index is 0.0225. The van der Waals surface area contributed by atoms with E-state index < -0.39 is 0 Å². The van der Waals surface area contributed by atoms with E-state index in [2.05, 4.69) is 111 Å². The van der Waals surface area contributed by atoms with Crippen LogP contribution in [0.15, 0.2) is 131 Å². The van der Waals surface area contributed by atoms with Crippen molar-refractivity contribution in [2.75, 3.05) is 6.61 Å². The van der Waals surface area contributed by atoms with Crippen molar-refractivity contribution in [2.45, 2.75) is 87.4 Å². The largest absolute Gasteiger partial charge is 0.392 e. The Balaban J connectivity index is 1.92. The lowest BCUT2D eigenvalue weighted by Crippen LogP contribution is -2.32. The third-order valence-electron chi connectivity index (χ3n) is 8.50. The normalized spacial score (nSPS) is 27.7. The maximum atomic E-state index is 10.1. The minimum atomic E-state index is -0.381. The summed E-state index contributed by atoms with van der Waals surface area (Å²) in [5.74, 6) is 0.575. The lowest BCUT2D eigenvalue weighted by atomic mass is 9.67. The zero-order valence-electron chi connectivity index (χ0n) is 28.0. The van der Waals surface area contributed by atoms with Crippen molar-refractivity contribution >= 4 is 0 Å². The Kier molecular flexibility index (Phi) is 14.1. The van der Waals surface area contributed by atoms with Gasteiger partial charge in [0.25, 0.3) is 0 Å². The van der Waals surface area contributed by atoms with Crippen molar-refractivity contribution in [2.24, 2.45) is 22.7 Å². The van der Waals surface area contributed by atoms with Crippen LogP contribution in [0.3, 0.4) is 0 Å². The van der Waals surface area contributed by atoms with Crippen LogP contribution in [0.2, 0.25) is 0 Å². The summed E-state index contributed by atoms with van der Waals surface area (Å²) in [4.78, 5) is 0. The molecule has 0 aromatic rings. The van der Waals surface area contributed by atoms with E-state index >= 15 is 0 Å². The third kappa shape index (κ3) is 12.3. The topological polar surface area (TPSA) is 60.7 Å². The van der Waals surface area contributed by atoms with Crippen LogP contribution in [0.25, 0.3) is 0 Å². The molecule has 0 amide bonds. The quantitative estimate of drug-likeness (QED) is 0.168. The molecule has 234 valence electrons. The van der Waals surface area contributed by atoms with Gasteiger partial charge in [-0.1, -0.05) is 153 Å². The molecule has 0 fully saturated rings. The van der Waals surface area contributed by atoms with E-state index in [4.69, 9.17) is 0 Å². The van der Waals surface area contributed by atoms with Gasteiger partial charge in [0.15, 0.2) is 0 Å². The van der Waals surface area contributed by atoms with E-state index in [9.17, 15) is 15.3 Å². The molecular weight excluding hydrogens is 528 g/mol.